The lowest BCUT2D eigenvalue weighted by Crippen LogP contribution is -2.09. The van der Waals surface area contributed by atoms with Crippen molar-refractivity contribution in [2.75, 3.05) is 6.61 Å². The number of rotatable bonds is 4. The first-order valence-electron chi connectivity index (χ1n) is 6.27. The molecule has 0 aliphatic heterocycles. The predicted octanol–water partition coefficient (Wildman–Crippen LogP) is 3.92. The van der Waals surface area contributed by atoms with E-state index in [0.717, 1.165) is 11.4 Å². The highest BCUT2D eigenvalue weighted by atomic mass is 35.5. The maximum atomic E-state index is 11.9. The van der Waals surface area contributed by atoms with Gasteiger partial charge in [0.05, 0.1) is 34.2 Å². The average molecular weight is 313 g/mol. The second kappa shape index (κ2) is 6.29. The van der Waals surface area contributed by atoms with Gasteiger partial charge in [0.2, 0.25) is 0 Å². The molecule has 4 nitrogen and oxygen atoms in total. The summed E-state index contributed by atoms with van der Waals surface area (Å²) in [5.74, 6) is -0.365. The predicted molar refractivity (Wildman–Crippen MR) is 78.9 cm³/mol. The van der Waals surface area contributed by atoms with E-state index < -0.39 is 0 Å². The van der Waals surface area contributed by atoms with Crippen LogP contribution < -0.4 is 0 Å². The number of nitrogens with zero attached hydrogens (tertiary/aromatic N) is 2. The molecular formula is C14H14Cl2N2O2. The number of benzene rings is 1. The fraction of sp³-hybridized carbons (Fsp3) is 0.286. The largest absolute Gasteiger partial charge is 0.462 e. The summed E-state index contributed by atoms with van der Waals surface area (Å²) in [6.45, 7) is 4.06. The molecule has 6 heteroatoms. The summed E-state index contributed by atoms with van der Waals surface area (Å²) in [5, 5.41) is 5.17. The van der Waals surface area contributed by atoms with Gasteiger partial charge in [-0.2, -0.15) is 5.10 Å². The number of halogens is 2. The van der Waals surface area contributed by atoms with Crippen molar-refractivity contribution in [2.24, 2.45) is 0 Å². The maximum Gasteiger partial charge on any atom is 0.341 e. The first kappa shape index (κ1) is 14.9. The van der Waals surface area contributed by atoms with Crippen LogP contribution in [0, 0.1) is 0 Å². The van der Waals surface area contributed by atoms with Gasteiger partial charge in [-0.3, -0.25) is 0 Å². The molecule has 1 aromatic heterocycles. The Bertz CT molecular complexity index is 638. The van der Waals surface area contributed by atoms with E-state index in [0.29, 0.717) is 28.6 Å². The summed E-state index contributed by atoms with van der Waals surface area (Å²) in [6.07, 6.45) is 2.16. The molecule has 0 N–H and O–H groups in total. The van der Waals surface area contributed by atoms with E-state index in [1.54, 1.807) is 29.8 Å². The second-order valence-electron chi connectivity index (χ2n) is 4.09. The molecule has 0 bridgehead atoms. The van der Waals surface area contributed by atoms with Crippen molar-refractivity contribution in [1.29, 1.82) is 0 Å². The third kappa shape index (κ3) is 2.81. The van der Waals surface area contributed by atoms with Crippen LogP contribution in [0.1, 0.15) is 29.9 Å². The molecule has 0 spiro atoms. The van der Waals surface area contributed by atoms with Crippen molar-refractivity contribution in [3.05, 3.63) is 45.7 Å². The topological polar surface area (TPSA) is 44.1 Å². The molecule has 2 rings (SSSR count). The highest BCUT2D eigenvalue weighted by molar-refractivity contribution is 6.42. The molecule has 1 heterocycles. The number of hydrogen-bond acceptors (Lipinski definition) is 3. The van der Waals surface area contributed by atoms with Crippen LogP contribution in [0.5, 0.6) is 0 Å². The number of hydrogen-bond donors (Lipinski definition) is 0. The minimum absolute atomic E-state index is 0.333. The minimum Gasteiger partial charge on any atom is -0.462 e. The lowest BCUT2D eigenvalue weighted by atomic mass is 10.2. The maximum absolute atomic E-state index is 11.9. The molecule has 20 heavy (non-hydrogen) atoms. The Morgan fingerprint density at radius 3 is 2.65 bits per heavy atom. The summed E-state index contributed by atoms with van der Waals surface area (Å²) in [4.78, 5) is 11.9. The van der Waals surface area contributed by atoms with E-state index in [1.807, 2.05) is 6.92 Å². The Morgan fingerprint density at radius 2 is 2.05 bits per heavy atom. The van der Waals surface area contributed by atoms with Crippen LogP contribution in [0.25, 0.3) is 5.69 Å². The molecule has 0 radical (unpaired) electrons. The molecule has 0 saturated carbocycles. The van der Waals surface area contributed by atoms with Crippen LogP contribution in [0.3, 0.4) is 0 Å². The van der Waals surface area contributed by atoms with E-state index >= 15 is 0 Å². The standard InChI is InChI=1S/C14H14Cl2N2O2/c1-3-13-10(14(19)20-4-2)8-17-18(13)9-5-6-11(15)12(16)7-9/h5-8H,3-4H2,1-2H3. The van der Waals surface area contributed by atoms with Gasteiger partial charge in [0.1, 0.15) is 5.56 Å². The molecule has 0 saturated heterocycles. The highest BCUT2D eigenvalue weighted by Gasteiger charge is 2.18. The summed E-state index contributed by atoms with van der Waals surface area (Å²) in [7, 11) is 0. The van der Waals surface area contributed by atoms with Crippen molar-refractivity contribution in [2.45, 2.75) is 20.3 Å². The first-order valence-corrected chi connectivity index (χ1v) is 7.03. The van der Waals surface area contributed by atoms with Crippen LogP contribution >= 0.6 is 23.2 Å². The van der Waals surface area contributed by atoms with Gasteiger partial charge in [0.25, 0.3) is 0 Å². The Hall–Kier alpha value is -1.52. The number of carbonyl (C=O) groups excluding carboxylic acids is 1. The molecule has 0 unspecified atom stereocenters. The molecular weight excluding hydrogens is 299 g/mol. The number of aromatic nitrogens is 2. The van der Waals surface area contributed by atoms with Crippen LogP contribution in [0.4, 0.5) is 0 Å². The molecule has 1 aromatic carbocycles. The fourth-order valence-corrected chi connectivity index (χ4v) is 2.22. The molecule has 0 fully saturated rings. The smallest absolute Gasteiger partial charge is 0.341 e. The van der Waals surface area contributed by atoms with Crippen LogP contribution in [0.2, 0.25) is 10.0 Å². The van der Waals surface area contributed by atoms with Crippen LogP contribution in [-0.2, 0) is 11.2 Å². The average Bonchev–Trinajstić information content (AvgIpc) is 2.86. The molecule has 0 amide bonds. The van der Waals surface area contributed by atoms with Crippen molar-refractivity contribution in [1.82, 2.24) is 9.78 Å². The lowest BCUT2D eigenvalue weighted by Gasteiger charge is -2.08. The van der Waals surface area contributed by atoms with E-state index in [2.05, 4.69) is 5.10 Å². The van der Waals surface area contributed by atoms with E-state index in [4.69, 9.17) is 27.9 Å². The van der Waals surface area contributed by atoms with Gasteiger partial charge in [-0.05, 0) is 31.5 Å². The van der Waals surface area contributed by atoms with Crippen molar-refractivity contribution in [3.63, 3.8) is 0 Å². The van der Waals surface area contributed by atoms with E-state index in [9.17, 15) is 4.79 Å². The fourth-order valence-electron chi connectivity index (χ4n) is 1.93. The molecule has 0 atom stereocenters. The second-order valence-corrected chi connectivity index (χ2v) is 4.90. The Labute approximate surface area is 127 Å². The monoisotopic (exact) mass is 312 g/mol. The number of carbonyl (C=O) groups is 1. The zero-order chi connectivity index (χ0) is 14.7. The lowest BCUT2D eigenvalue weighted by molar-refractivity contribution is 0.0525. The normalized spacial score (nSPS) is 10.6. The van der Waals surface area contributed by atoms with Gasteiger partial charge in [0.15, 0.2) is 0 Å². The number of esters is 1. The van der Waals surface area contributed by atoms with Gasteiger partial charge >= 0.3 is 5.97 Å². The SMILES string of the molecule is CCOC(=O)c1cnn(-c2ccc(Cl)c(Cl)c2)c1CC. The quantitative estimate of drug-likeness (QED) is 0.804. The van der Waals surface area contributed by atoms with Gasteiger partial charge in [0, 0.05) is 0 Å². The van der Waals surface area contributed by atoms with Gasteiger partial charge in [-0.25, -0.2) is 9.48 Å². The minimum atomic E-state index is -0.365. The van der Waals surface area contributed by atoms with Crippen molar-refractivity contribution < 1.29 is 9.53 Å². The van der Waals surface area contributed by atoms with Gasteiger partial charge in [-0.15, -0.1) is 0 Å². The van der Waals surface area contributed by atoms with Crippen LogP contribution in [0.15, 0.2) is 24.4 Å². The highest BCUT2D eigenvalue weighted by Crippen LogP contribution is 2.25. The first-order chi connectivity index (χ1) is 9.58. The van der Waals surface area contributed by atoms with Gasteiger partial charge < -0.3 is 4.74 Å². The van der Waals surface area contributed by atoms with Crippen LogP contribution in [-0.4, -0.2) is 22.4 Å². The zero-order valence-corrected chi connectivity index (χ0v) is 12.7. The molecule has 2 aromatic rings. The Kier molecular flexibility index (Phi) is 4.68. The Morgan fingerprint density at radius 1 is 1.30 bits per heavy atom. The van der Waals surface area contributed by atoms with E-state index in [-0.39, 0.29) is 5.97 Å². The van der Waals surface area contributed by atoms with Crippen molar-refractivity contribution >= 4 is 29.2 Å². The third-order valence-corrected chi connectivity index (χ3v) is 3.59. The molecule has 0 aliphatic carbocycles. The van der Waals surface area contributed by atoms with E-state index in [1.165, 1.54) is 6.20 Å². The molecule has 0 aliphatic rings. The summed E-state index contributed by atoms with van der Waals surface area (Å²) in [6, 6.07) is 5.21. The number of ether oxygens (including phenoxy) is 1. The zero-order valence-electron chi connectivity index (χ0n) is 11.2. The summed E-state index contributed by atoms with van der Waals surface area (Å²) in [5.41, 5.74) is 2.01. The van der Waals surface area contributed by atoms with Crippen molar-refractivity contribution in [3.8, 4) is 5.69 Å². The summed E-state index contributed by atoms with van der Waals surface area (Å²) >= 11 is 11.9. The third-order valence-electron chi connectivity index (χ3n) is 2.85. The van der Waals surface area contributed by atoms with Gasteiger partial charge in [-0.1, -0.05) is 30.1 Å². The Balaban J connectivity index is 2.47. The molecule has 106 valence electrons. The summed E-state index contributed by atoms with van der Waals surface area (Å²) < 4.78 is 6.70.